The van der Waals surface area contributed by atoms with Gasteiger partial charge in [0, 0.05) is 0 Å². The van der Waals surface area contributed by atoms with Gasteiger partial charge in [-0.2, -0.15) is 4.98 Å². The largest absolute Gasteiger partial charge is 0.485 e. The quantitative estimate of drug-likeness (QED) is 0.872. The number of nitrogens with two attached hydrogens (primary N) is 1. The van der Waals surface area contributed by atoms with Crippen LogP contribution >= 0.6 is 0 Å². The molecule has 0 saturated heterocycles. The van der Waals surface area contributed by atoms with Gasteiger partial charge in [0.25, 0.3) is 0 Å². The van der Waals surface area contributed by atoms with Gasteiger partial charge in [-0.25, -0.2) is 0 Å². The molecule has 0 fully saturated rings. The molecule has 5 heteroatoms. The summed E-state index contributed by atoms with van der Waals surface area (Å²) >= 11 is 0. The maximum Gasteiger partial charge on any atom is 0.246 e. The van der Waals surface area contributed by atoms with E-state index < -0.39 is 5.54 Å². The van der Waals surface area contributed by atoms with Gasteiger partial charge in [0.15, 0.2) is 6.61 Å². The zero-order chi connectivity index (χ0) is 12.3. The Bertz CT molecular complexity index is 474. The minimum absolute atomic E-state index is 0.267. The van der Waals surface area contributed by atoms with Crippen molar-refractivity contribution in [2.75, 3.05) is 0 Å². The van der Waals surface area contributed by atoms with E-state index in [4.69, 9.17) is 15.0 Å². The molecule has 17 heavy (non-hydrogen) atoms. The molecule has 5 nitrogen and oxygen atoms in total. The maximum atomic E-state index is 5.84. The summed E-state index contributed by atoms with van der Waals surface area (Å²) in [5, 5.41) is 3.81. The molecule has 0 saturated carbocycles. The predicted molar refractivity (Wildman–Crippen MR) is 62.3 cm³/mol. The normalized spacial score (nSPS) is 11.5. The molecule has 0 aliphatic rings. The van der Waals surface area contributed by atoms with Gasteiger partial charge < -0.3 is 15.0 Å². The minimum Gasteiger partial charge on any atom is -0.485 e. The topological polar surface area (TPSA) is 74.2 Å². The van der Waals surface area contributed by atoms with Crippen LogP contribution in [0.2, 0.25) is 0 Å². The van der Waals surface area contributed by atoms with E-state index in [9.17, 15) is 0 Å². The van der Waals surface area contributed by atoms with E-state index in [2.05, 4.69) is 10.1 Å². The van der Waals surface area contributed by atoms with Crippen LogP contribution < -0.4 is 10.5 Å². The Morgan fingerprint density at radius 2 is 2.00 bits per heavy atom. The number of hydrogen-bond donors (Lipinski definition) is 1. The molecule has 0 bridgehead atoms. The number of hydrogen-bond acceptors (Lipinski definition) is 5. The maximum absolute atomic E-state index is 5.84. The molecule has 1 aromatic carbocycles. The van der Waals surface area contributed by atoms with Gasteiger partial charge in [0.2, 0.25) is 11.7 Å². The summed E-state index contributed by atoms with van der Waals surface area (Å²) in [6.07, 6.45) is 0. The van der Waals surface area contributed by atoms with Crippen LogP contribution in [0.15, 0.2) is 34.9 Å². The molecule has 0 aliphatic carbocycles. The van der Waals surface area contributed by atoms with E-state index in [1.54, 1.807) is 0 Å². The van der Waals surface area contributed by atoms with E-state index in [1.165, 1.54) is 0 Å². The van der Waals surface area contributed by atoms with Crippen LogP contribution in [0.1, 0.15) is 25.6 Å². The highest BCUT2D eigenvalue weighted by Crippen LogP contribution is 2.15. The zero-order valence-electron chi connectivity index (χ0n) is 9.88. The highest BCUT2D eigenvalue weighted by atomic mass is 16.5. The average molecular weight is 233 g/mol. The van der Waals surface area contributed by atoms with E-state index in [0.717, 1.165) is 5.75 Å². The van der Waals surface area contributed by atoms with Crippen LogP contribution in [0.3, 0.4) is 0 Å². The van der Waals surface area contributed by atoms with Crippen LogP contribution in [-0.2, 0) is 12.1 Å². The van der Waals surface area contributed by atoms with Gasteiger partial charge in [-0.15, -0.1) is 0 Å². The first-order chi connectivity index (χ1) is 8.05. The first-order valence-corrected chi connectivity index (χ1v) is 5.35. The fraction of sp³-hybridized carbons (Fsp3) is 0.333. The van der Waals surface area contributed by atoms with Gasteiger partial charge in [-0.1, -0.05) is 23.4 Å². The fourth-order valence-electron chi connectivity index (χ4n) is 1.24. The van der Waals surface area contributed by atoms with Gasteiger partial charge >= 0.3 is 0 Å². The third-order valence-electron chi connectivity index (χ3n) is 2.13. The van der Waals surface area contributed by atoms with Crippen molar-refractivity contribution < 1.29 is 9.26 Å². The number of nitrogens with zero attached hydrogens (tertiary/aromatic N) is 2. The highest BCUT2D eigenvalue weighted by Gasteiger charge is 2.22. The second kappa shape index (κ2) is 4.55. The molecule has 1 heterocycles. The molecule has 0 aliphatic heterocycles. The SMILES string of the molecule is CC(C)(N)c1nc(COc2ccccc2)no1. The van der Waals surface area contributed by atoms with E-state index in [1.807, 2.05) is 44.2 Å². The molecule has 0 atom stereocenters. The lowest BCUT2D eigenvalue weighted by atomic mass is 10.1. The van der Waals surface area contributed by atoms with Crippen LogP contribution in [0.25, 0.3) is 0 Å². The second-order valence-corrected chi connectivity index (χ2v) is 4.34. The molecule has 90 valence electrons. The molecule has 1 aromatic heterocycles. The fourth-order valence-corrected chi connectivity index (χ4v) is 1.24. The lowest BCUT2D eigenvalue weighted by Crippen LogP contribution is -2.29. The van der Waals surface area contributed by atoms with Crippen molar-refractivity contribution in [3.05, 3.63) is 42.0 Å². The monoisotopic (exact) mass is 233 g/mol. The number of benzene rings is 1. The highest BCUT2D eigenvalue weighted by molar-refractivity contribution is 5.20. The smallest absolute Gasteiger partial charge is 0.246 e. The van der Waals surface area contributed by atoms with Crippen molar-refractivity contribution in [2.24, 2.45) is 5.73 Å². The van der Waals surface area contributed by atoms with E-state index >= 15 is 0 Å². The standard InChI is InChI=1S/C12H15N3O2/c1-12(2,13)11-14-10(15-17-11)8-16-9-6-4-3-5-7-9/h3-7H,8,13H2,1-2H3. The molecule has 2 N–H and O–H groups in total. The van der Waals surface area contributed by atoms with Gasteiger partial charge in [-0.3, -0.25) is 0 Å². The molecule has 0 unspecified atom stereocenters. The Balaban J connectivity index is 1.99. The van der Waals surface area contributed by atoms with E-state index in [0.29, 0.717) is 11.7 Å². The number of rotatable bonds is 4. The summed E-state index contributed by atoms with van der Waals surface area (Å²) in [6, 6.07) is 9.47. The Hall–Kier alpha value is -1.88. The molecule has 2 rings (SSSR count). The Morgan fingerprint density at radius 1 is 1.29 bits per heavy atom. The summed E-state index contributed by atoms with van der Waals surface area (Å²) in [4.78, 5) is 4.17. The van der Waals surface area contributed by atoms with Crippen LogP contribution in [-0.4, -0.2) is 10.1 Å². The van der Waals surface area contributed by atoms with E-state index in [-0.39, 0.29) is 6.61 Å². The summed E-state index contributed by atoms with van der Waals surface area (Å²) in [6.45, 7) is 3.88. The van der Waals surface area contributed by atoms with Crippen LogP contribution in [0.4, 0.5) is 0 Å². The van der Waals surface area contributed by atoms with Gasteiger partial charge in [-0.05, 0) is 26.0 Å². The number of ether oxygens (including phenoxy) is 1. The van der Waals surface area contributed by atoms with Crippen molar-refractivity contribution in [1.82, 2.24) is 10.1 Å². The van der Waals surface area contributed by atoms with Crippen LogP contribution in [0, 0.1) is 0 Å². The summed E-state index contributed by atoms with van der Waals surface area (Å²) in [5.74, 6) is 1.66. The Morgan fingerprint density at radius 3 is 2.59 bits per heavy atom. The zero-order valence-corrected chi connectivity index (χ0v) is 9.88. The number of aromatic nitrogens is 2. The first-order valence-electron chi connectivity index (χ1n) is 5.35. The van der Waals surface area contributed by atoms with Crippen LogP contribution in [0.5, 0.6) is 5.75 Å². The Labute approximate surface area is 99.6 Å². The molecule has 0 spiro atoms. The van der Waals surface area contributed by atoms with Crippen molar-refractivity contribution in [3.63, 3.8) is 0 Å². The van der Waals surface area contributed by atoms with Crippen molar-refractivity contribution in [3.8, 4) is 5.75 Å². The lowest BCUT2D eigenvalue weighted by Gasteiger charge is -2.10. The number of para-hydroxylation sites is 1. The Kier molecular flexibility index (Phi) is 3.10. The van der Waals surface area contributed by atoms with Gasteiger partial charge in [0.05, 0.1) is 5.54 Å². The third kappa shape index (κ3) is 3.04. The average Bonchev–Trinajstić information content (AvgIpc) is 2.76. The molecular formula is C12H15N3O2. The predicted octanol–water partition coefficient (Wildman–Crippen LogP) is 1.84. The molecule has 0 amide bonds. The molecule has 2 aromatic rings. The minimum atomic E-state index is -0.627. The van der Waals surface area contributed by atoms with Crippen molar-refractivity contribution in [2.45, 2.75) is 26.0 Å². The summed E-state index contributed by atoms with van der Waals surface area (Å²) < 4.78 is 10.5. The molecule has 0 radical (unpaired) electrons. The summed E-state index contributed by atoms with van der Waals surface area (Å²) in [7, 11) is 0. The van der Waals surface area contributed by atoms with Gasteiger partial charge in [0.1, 0.15) is 5.75 Å². The first kappa shape index (κ1) is 11.6. The molecular weight excluding hydrogens is 218 g/mol. The van der Waals surface area contributed by atoms with Crippen molar-refractivity contribution in [1.29, 1.82) is 0 Å². The van der Waals surface area contributed by atoms with Crippen molar-refractivity contribution >= 4 is 0 Å². The second-order valence-electron chi connectivity index (χ2n) is 4.34. The lowest BCUT2D eigenvalue weighted by molar-refractivity contribution is 0.278. The summed E-state index contributed by atoms with van der Waals surface area (Å²) in [5.41, 5.74) is 5.21. The third-order valence-corrected chi connectivity index (χ3v) is 2.13.